The van der Waals surface area contributed by atoms with Gasteiger partial charge in [-0.2, -0.15) is 0 Å². The van der Waals surface area contributed by atoms with E-state index in [1.165, 1.54) is 9.75 Å². The summed E-state index contributed by atoms with van der Waals surface area (Å²) in [6, 6.07) is 4.60. The fraction of sp³-hybridized carbons (Fsp3) is 0.667. The van der Waals surface area contributed by atoms with E-state index in [0.717, 1.165) is 26.3 Å². The summed E-state index contributed by atoms with van der Waals surface area (Å²) in [5.41, 5.74) is 0. The third-order valence-electron chi connectivity index (χ3n) is 4.31. The minimum Gasteiger partial charge on any atom is -0.383 e. The second kappa shape index (κ2) is 14.1. The summed E-state index contributed by atoms with van der Waals surface area (Å²) in [4.78, 5) is 21.1. The molecule has 0 saturated carbocycles. The highest BCUT2D eigenvalue weighted by Crippen LogP contribution is 2.27. The van der Waals surface area contributed by atoms with Crippen LogP contribution in [0.15, 0.2) is 17.1 Å². The molecule has 8 nitrogen and oxygen atoms in total. The van der Waals surface area contributed by atoms with Crippen LogP contribution in [0.4, 0.5) is 0 Å². The number of hydrogen-bond donors (Lipinski definition) is 3. The normalized spacial score (nSPS) is 16.2. The monoisotopic (exact) mass is 525 g/mol. The molecule has 28 heavy (non-hydrogen) atoms. The number of nitrogens with zero attached hydrogens (tertiary/aromatic N) is 2. The summed E-state index contributed by atoms with van der Waals surface area (Å²) in [6.45, 7) is 7.36. The van der Waals surface area contributed by atoms with Gasteiger partial charge in [0.1, 0.15) is 0 Å². The number of guanidine groups is 1. The van der Waals surface area contributed by atoms with Crippen LogP contribution in [0.1, 0.15) is 15.8 Å². The second-order valence-corrected chi connectivity index (χ2v) is 7.58. The Morgan fingerprint density at radius 3 is 2.68 bits per heavy atom. The van der Waals surface area contributed by atoms with E-state index in [1.54, 1.807) is 14.2 Å². The molecule has 1 unspecified atom stereocenters. The van der Waals surface area contributed by atoms with Gasteiger partial charge in [-0.15, -0.1) is 35.3 Å². The number of carbonyl (C=O) groups excluding carboxylic acids is 1. The molecule has 1 fully saturated rings. The van der Waals surface area contributed by atoms with Crippen LogP contribution in [0.3, 0.4) is 0 Å². The van der Waals surface area contributed by atoms with Crippen molar-refractivity contribution in [2.45, 2.75) is 13.0 Å². The Balaban J connectivity index is 0.00000392. The molecule has 0 radical (unpaired) electrons. The van der Waals surface area contributed by atoms with Crippen molar-refractivity contribution in [1.82, 2.24) is 20.9 Å². The molecule has 2 heterocycles. The Labute approximate surface area is 188 Å². The molecule has 1 aliphatic heterocycles. The highest BCUT2D eigenvalue weighted by Gasteiger charge is 2.24. The summed E-state index contributed by atoms with van der Waals surface area (Å²) in [6.07, 6.45) is 0. The number of hydrogen-bond acceptors (Lipinski definition) is 6. The first-order valence-corrected chi connectivity index (χ1v) is 10.0. The Morgan fingerprint density at radius 2 is 2.07 bits per heavy atom. The van der Waals surface area contributed by atoms with Gasteiger partial charge in [-0.05, 0) is 19.1 Å². The first-order chi connectivity index (χ1) is 13.1. The van der Waals surface area contributed by atoms with Crippen LogP contribution in [-0.2, 0) is 14.3 Å². The molecule has 0 aromatic carbocycles. The van der Waals surface area contributed by atoms with Crippen molar-refractivity contribution >= 4 is 47.2 Å². The Hall–Kier alpha value is -0.950. The van der Waals surface area contributed by atoms with Crippen molar-refractivity contribution in [2.24, 2.45) is 4.99 Å². The molecular weight excluding hydrogens is 493 g/mol. The van der Waals surface area contributed by atoms with Crippen LogP contribution in [0.2, 0.25) is 0 Å². The number of morpholine rings is 1. The zero-order chi connectivity index (χ0) is 19.5. The lowest BCUT2D eigenvalue weighted by Gasteiger charge is -2.34. The zero-order valence-corrected chi connectivity index (χ0v) is 20.0. The largest absolute Gasteiger partial charge is 0.383 e. The molecule has 1 saturated heterocycles. The average molecular weight is 525 g/mol. The maximum absolute atomic E-state index is 11.8. The van der Waals surface area contributed by atoms with Crippen molar-refractivity contribution in [2.75, 3.05) is 66.7 Å². The lowest BCUT2D eigenvalue weighted by atomic mass is 10.2. The molecule has 0 aliphatic carbocycles. The molecule has 3 N–H and O–H groups in total. The number of aliphatic imine (C=N–C) groups is 1. The highest BCUT2D eigenvalue weighted by atomic mass is 127. The van der Waals surface area contributed by atoms with Gasteiger partial charge in [-0.3, -0.25) is 14.7 Å². The molecule has 2 rings (SSSR count). The SMILES string of the molecule is CN=C(NCC(=O)NCCOC)NCC(c1ccc(C)s1)N1CCOCC1.I. The van der Waals surface area contributed by atoms with Crippen molar-refractivity contribution < 1.29 is 14.3 Å². The van der Waals surface area contributed by atoms with E-state index < -0.39 is 0 Å². The molecule has 0 spiro atoms. The standard InChI is InChI=1S/C18H31N5O3S.HI/c1-14-4-5-16(27-14)15(23-7-10-26-11-8-23)12-21-18(19-2)22-13-17(24)20-6-9-25-3;/h4-5,15H,6-13H2,1-3H3,(H,20,24)(H2,19,21,22);1H. The number of amides is 1. The fourth-order valence-corrected chi connectivity index (χ4v) is 3.88. The van der Waals surface area contributed by atoms with Crippen molar-refractivity contribution in [1.29, 1.82) is 0 Å². The van der Waals surface area contributed by atoms with E-state index in [-0.39, 0.29) is 42.5 Å². The minimum absolute atomic E-state index is 0. The van der Waals surface area contributed by atoms with Crippen LogP contribution < -0.4 is 16.0 Å². The van der Waals surface area contributed by atoms with Gasteiger partial charge >= 0.3 is 0 Å². The van der Waals surface area contributed by atoms with Gasteiger partial charge in [0.15, 0.2) is 5.96 Å². The van der Waals surface area contributed by atoms with E-state index in [1.807, 2.05) is 11.3 Å². The number of aryl methyl sites for hydroxylation is 1. The van der Waals surface area contributed by atoms with Gasteiger partial charge in [0.05, 0.1) is 32.4 Å². The lowest BCUT2D eigenvalue weighted by molar-refractivity contribution is -0.120. The van der Waals surface area contributed by atoms with Crippen LogP contribution in [-0.4, -0.2) is 83.5 Å². The average Bonchev–Trinajstić information content (AvgIpc) is 3.11. The molecule has 160 valence electrons. The summed E-state index contributed by atoms with van der Waals surface area (Å²) in [7, 11) is 3.31. The van der Waals surface area contributed by atoms with Gasteiger partial charge < -0.3 is 25.4 Å². The van der Waals surface area contributed by atoms with Crippen molar-refractivity contribution in [3.05, 3.63) is 21.9 Å². The number of rotatable bonds is 9. The van der Waals surface area contributed by atoms with Gasteiger partial charge in [-0.25, -0.2) is 0 Å². The molecule has 10 heteroatoms. The summed E-state index contributed by atoms with van der Waals surface area (Å²) < 4.78 is 10.4. The Morgan fingerprint density at radius 1 is 1.32 bits per heavy atom. The Kier molecular flexibility index (Phi) is 12.6. The van der Waals surface area contributed by atoms with Gasteiger partial charge in [0, 0.05) is 50.1 Å². The van der Waals surface area contributed by atoms with Crippen molar-refractivity contribution in [3.63, 3.8) is 0 Å². The quantitative estimate of drug-likeness (QED) is 0.193. The van der Waals surface area contributed by atoms with E-state index in [9.17, 15) is 4.79 Å². The maximum atomic E-state index is 11.8. The third-order valence-corrected chi connectivity index (χ3v) is 5.41. The van der Waals surface area contributed by atoms with E-state index in [4.69, 9.17) is 9.47 Å². The number of carbonyl (C=O) groups is 1. The van der Waals surface area contributed by atoms with Gasteiger partial charge in [0.2, 0.25) is 5.91 Å². The van der Waals surface area contributed by atoms with E-state index in [2.05, 4.69) is 44.9 Å². The van der Waals surface area contributed by atoms with Gasteiger partial charge in [0.25, 0.3) is 0 Å². The van der Waals surface area contributed by atoms with E-state index in [0.29, 0.717) is 25.7 Å². The first kappa shape index (κ1) is 25.1. The maximum Gasteiger partial charge on any atom is 0.239 e. The van der Waals surface area contributed by atoms with Crippen LogP contribution >= 0.6 is 35.3 Å². The number of ether oxygens (including phenoxy) is 2. The lowest BCUT2D eigenvalue weighted by Crippen LogP contribution is -2.48. The summed E-state index contributed by atoms with van der Waals surface area (Å²) in [5.74, 6) is 0.525. The number of halogens is 1. The second-order valence-electron chi connectivity index (χ2n) is 6.26. The highest BCUT2D eigenvalue weighted by molar-refractivity contribution is 14.0. The summed E-state index contributed by atoms with van der Waals surface area (Å²) in [5, 5.41) is 9.19. The molecule has 1 aromatic heterocycles. The molecule has 1 aromatic rings. The number of thiophene rings is 1. The molecule has 0 bridgehead atoms. The van der Waals surface area contributed by atoms with Crippen LogP contribution in [0.5, 0.6) is 0 Å². The number of methoxy groups -OCH3 is 1. The predicted octanol–water partition coefficient (Wildman–Crippen LogP) is 0.975. The zero-order valence-electron chi connectivity index (χ0n) is 16.8. The fourth-order valence-electron chi connectivity index (χ4n) is 2.86. The topological polar surface area (TPSA) is 87.2 Å². The Bertz CT molecular complexity index is 608. The first-order valence-electron chi connectivity index (χ1n) is 9.22. The number of nitrogens with one attached hydrogen (secondary N) is 3. The summed E-state index contributed by atoms with van der Waals surface area (Å²) >= 11 is 1.82. The van der Waals surface area contributed by atoms with Crippen LogP contribution in [0, 0.1) is 6.92 Å². The third kappa shape index (κ3) is 8.60. The minimum atomic E-state index is -0.0892. The van der Waals surface area contributed by atoms with E-state index >= 15 is 0 Å². The molecule has 1 aliphatic rings. The van der Waals surface area contributed by atoms with Gasteiger partial charge in [-0.1, -0.05) is 0 Å². The molecule has 1 atom stereocenters. The molecular formula is C18H32IN5O3S. The van der Waals surface area contributed by atoms with Crippen LogP contribution in [0.25, 0.3) is 0 Å². The smallest absolute Gasteiger partial charge is 0.239 e. The van der Waals surface area contributed by atoms with Crippen molar-refractivity contribution in [3.8, 4) is 0 Å². The predicted molar refractivity (Wildman–Crippen MR) is 124 cm³/mol. The molecule has 1 amide bonds.